The molecule has 2 aliphatic heterocycles. The molecule has 7 heteroatoms. The summed E-state index contributed by atoms with van der Waals surface area (Å²) in [6, 6.07) is 5.77. The molecular formula is C21H29NO6. The molecule has 0 radical (unpaired) electrons. The number of hydrogen-bond donors (Lipinski definition) is 0. The van der Waals surface area contributed by atoms with Crippen molar-refractivity contribution in [3.05, 3.63) is 23.8 Å². The summed E-state index contributed by atoms with van der Waals surface area (Å²) in [6.45, 7) is 8.26. The predicted molar refractivity (Wildman–Crippen MR) is 104 cm³/mol. The Bertz CT molecular complexity index is 636. The first-order chi connectivity index (χ1) is 13.9. The van der Waals surface area contributed by atoms with Crippen LogP contribution in [0.25, 0.3) is 0 Å². The van der Waals surface area contributed by atoms with E-state index < -0.39 is 0 Å². The number of nitrogens with zero attached hydrogens (tertiary/aromatic N) is 1. The van der Waals surface area contributed by atoms with Crippen LogP contribution in [0.4, 0.5) is 0 Å². The molecule has 0 N–H and O–H groups in total. The van der Waals surface area contributed by atoms with Crippen LogP contribution >= 0.6 is 0 Å². The molecule has 1 aromatic carbocycles. The van der Waals surface area contributed by atoms with Gasteiger partial charge in [0.05, 0.1) is 59.4 Å². The van der Waals surface area contributed by atoms with Gasteiger partial charge in [-0.1, -0.05) is 11.8 Å². The van der Waals surface area contributed by atoms with Gasteiger partial charge in [-0.15, -0.1) is 0 Å². The van der Waals surface area contributed by atoms with Gasteiger partial charge in [-0.25, -0.2) is 0 Å². The van der Waals surface area contributed by atoms with Crippen LogP contribution < -0.4 is 9.47 Å². The fourth-order valence-corrected chi connectivity index (χ4v) is 2.79. The topological polar surface area (TPSA) is 58.6 Å². The Morgan fingerprint density at radius 1 is 0.679 bits per heavy atom. The zero-order valence-corrected chi connectivity index (χ0v) is 16.3. The molecule has 0 saturated carbocycles. The molecule has 3 rings (SSSR count). The highest BCUT2D eigenvalue weighted by Gasteiger charge is 2.09. The fourth-order valence-electron chi connectivity index (χ4n) is 2.79. The number of morpholine rings is 1. The van der Waals surface area contributed by atoms with Gasteiger partial charge in [-0.05, 0) is 18.2 Å². The average Bonchev–Trinajstić information content (AvgIpc) is 2.74. The second-order valence-electron chi connectivity index (χ2n) is 6.39. The van der Waals surface area contributed by atoms with E-state index in [0.29, 0.717) is 64.4 Å². The summed E-state index contributed by atoms with van der Waals surface area (Å²) in [5.74, 6) is 7.81. The summed E-state index contributed by atoms with van der Waals surface area (Å²) in [4.78, 5) is 2.29. The highest BCUT2D eigenvalue weighted by atomic mass is 16.6. The maximum Gasteiger partial charge on any atom is 0.162 e. The standard InChI is InChI=1S/C21H29NO6/c1(5-22-6-8-23-9-7-22)2-19-3-4-20-21(18-19)28-17-15-26-13-11-24-10-12-25-14-16-27-20/h3-4,18H,5-17H2. The first-order valence-corrected chi connectivity index (χ1v) is 9.84. The van der Waals surface area contributed by atoms with Gasteiger partial charge in [0.15, 0.2) is 11.5 Å². The van der Waals surface area contributed by atoms with E-state index in [9.17, 15) is 0 Å². The molecule has 154 valence electrons. The number of hydrogen-bond acceptors (Lipinski definition) is 7. The minimum absolute atomic E-state index is 0.442. The first-order valence-electron chi connectivity index (χ1n) is 9.84. The number of ether oxygens (including phenoxy) is 6. The Balaban J connectivity index is 1.59. The lowest BCUT2D eigenvalue weighted by Crippen LogP contribution is -2.36. The molecule has 0 bridgehead atoms. The van der Waals surface area contributed by atoms with Crippen molar-refractivity contribution in [3.63, 3.8) is 0 Å². The molecule has 28 heavy (non-hydrogen) atoms. The van der Waals surface area contributed by atoms with E-state index in [1.54, 1.807) is 0 Å². The fraction of sp³-hybridized carbons (Fsp3) is 0.619. The maximum absolute atomic E-state index is 5.87. The van der Waals surface area contributed by atoms with Crippen LogP contribution in [0.1, 0.15) is 5.56 Å². The lowest BCUT2D eigenvalue weighted by Gasteiger charge is -2.24. The maximum atomic E-state index is 5.87. The Hall–Kier alpha value is -1.82. The van der Waals surface area contributed by atoms with E-state index in [2.05, 4.69) is 16.7 Å². The third-order valence-electron chi connectivity index (χ3n) is 4.30. The number of benzene rings is 1. The smallest absolute Gasteiger partial charge is 0.162 e. The van der Waals surface area contributed by atoms with E-state index in [-0.39, 0.29) is 0 Å². The Kier molecular flexibility index (Phi) is 9.41. The Morgan fingerprint density at radius 3 is 1.93 bits per heavy atom. The third-order valence-corrected chi connectivity index (χ3v) is 4.30. The van der Waals surface area contributed by atoms with E-state index in [1.165, 1.54) is 0 Å². The van der Waals surface area contributed by atoms with Crippen LogP contribution in [0.5, 0.6) is 11.5 Å². The second kappa shape index (κ2) is 12.6. The van der Waals surface area contributed by atoms with Crippen molar-refractivity contribution < 1.29 is 28.4 Å². The van der Waals surface area contributed by atoms with Gasteiger partial charge in [0, 0.05) is 18.7 Å². The molecule has 1 fully saturated rings. The molecule has 1 aromatic rings. The van der Waals surface area contributed by atoms with Crippen molar-refractivity contribution in [2.24, 2.45) is 0 Å². The van der Waals surface area contributed by atoms with E-state index in [4.69, 9.17) is 28.4 Å². The van der Waals surface area contributed by atoms with E-state index >= 15 is 0 Å². The highest BCUT2D eigenvalue weighted by Crippen LogP contribution is 2.28. The normalized spacial score (nSPS) is 20.3. The molecule has 2 heterocycles. The summed E-state index contributed by atoms with van der Waals surface area (Å²) in [5, 5.41) is 0. The van der Waals surface area contributed by atoms with Gasteiger partial charge in [-0.3, -0.25) is 4.90 Å². The lowest BCUT2D eigenvalue weighted by atomic mass is 10.2. The summed E-state index contributed by atoms with van der Waals surface area (Å²) in [7, 11) is 0. The Morgan fingerprint density at radius 2 is 1.25 bits per heavy atom. The van der Waals surface area contributed by atoms with Crippen LogP contribution in [0.3, 0.4) is 0 Å². The molecule has 0 aromatic heterocycles. The van der Waals surface area contributed by atoms with E-state index in [0.717, 1.165) is 38.4 Å². The average molecular weight is 391 g/mol. The molecular weight excluding hydrogens is 362 g/mol. The molecule has 2 aliphatic rings. The molecule has 7 nitrogen and oxygen atoms in total. The van der Waals surface area contributed by atoms with Crippen molar-refractivity contribution in [3.8, 4) is 23.3 Å². The van der Waals surface area contributed by atoms with Gasteiger partial charge >= 0.3 is 0 Å². The molecule has 0 atom stereocenters. The van der Waals surface area contributed by atoms with Gasteiger partial charge in [0.1, 0.15) is 13.2 Å². The van der Waals surface area contributed by atoms with E-state index in [1.807, 2.05) is 18.2 Å². The van der Waals surface area contributed by atoms with Gasteiger partial charge < -0.3 is 28.4 Å². The van der Waals surface area contributed by atoms with Gasteiger partial charge in [0.2, 0.25) is 0 Å². The largest absolute Gasteiger partial charge is 0.487 e. The molecule has 1 saturated heterocycles. The summed E-state index contributed by atoms with van der Waals surface area (Å²) in [6.07, 6.45) is 0. The summed E-state index contributed by atoms with van der Waals surface area (Å²) < 4.78 is 33.5. The lowest BCUT2D eigenvalue weighted by molar-refractivity contribution is 0.00708. The molecule has 0 spiro atoms. The van der Waals surface area contributed by atoms with Crippen LogP contribution in [0.2, 0.25) is 0 Å². The predicted octanol–water partition coefficient (Wildman–Crippen LogP) is 1.19. The van der Waals surface area contributed by atoms with Crippen molar-refractivity contribution in [2.75, 3.05) is 85.7 Å². The van der Waals surface area contributed by atoms with Crippen LogP contribution in [-0.2, 0) is 18.9 Å². The van der Waals surface area contributed by atoms with Crippen molar-refractivity contribution in [1.29, 1.82) is 0 Å². The monoisotopic (exact) mass is 391 g/mol. The molecule has 0 amide bonds. The first kappa shape index (κ1) is 20.9. The minimum atomic E-state index is 0.442. The minimum Gasteiger partial charge on any atom is -0.487 e. The Labute approximate surface area is 166 Å². The second-order valence-corrected chi connectivity index (χ2v) is 6.39. The van der Waals surface area contributed by atoms with Crippen LogP contribution in [-0.4, -0.2) is 90.6 Å². The quantitative estimate of drug-likeness (QED) is 0.667. The van der Waals surface area contributed by atoms with Crippen molar-refractivity contribution in [1.82, 2.24) is 4.90 Å². The third kappa shape index (κ3) is 7.66. The zero-order chi connectivity index (χ0) is 19.3. The summed E-state index contributed by atoms with van der Waals surface area (Å²) >= 11 is 0. The summed E-state index contributed by atoms with van der Waals surface area (Å²) in [5.41, 5.74) is 0.902. The molecule has 0 aliphatic carbocycles. The molecule has 0 unspecified atom stereocenters. The highest BCUT2D eigenvalue weighted by molar-refractivity contribution is 5.48. The van der Waals surface area contributed by atoms with Gasteiger partial charge in [-0.2, -0.15) is 0 Å². The van der Waals surface area contributed by atoms with Crippen LogP contribution in [0, 0.1) is 11.8 Å². The number of rotatable bonds is 1. The van der Waals surface area contributed by atoms with Crippen molar-refractivity contribution >= 4 is 0 Å². The number of fused-ring (bicyclic) bond motifs is 1. The zero-order valence-electron chi connectivity index (χ0n) is 16.3. The van der Waals surface area contributed by atoms with Crippen LogP contribution in [0.15, 0.2) is 18.2 Å². The van der Waals surface area contributed by atoms with Gasteiger partial charge in [0.25, 0.3) is 0 Å². The van der Waals surface area contributed by atoms with Crippen molar-refractivity contribution in [2.45, 2.75) is 0 Å². The SMILES string of the molecule is C(#Cc1ccc2c(c1)OCCOCCOCCOCCO2)CN1CCOCC1.